The SMILES string of the molecule is CCCC1NC(=O)C(C)(CC)N(CCC2CC2)C1=O. The molecule has 0 aromatic carbocycles. The monoisotopic (exact) mass is 266 g/mol. The van der Waals surface area contributed by atoms with Crippen LogP contribution in [0.4, 0.5) is 0 Å². The standard InChI is InChI=1S/C15H26N2O2/c1-4-6-12-13(18)17(10-9-11-7-8-11)15(3,5-2)14(19)16-12/h11-12H,4-10H2,1-3H3,(H,16,19). The van der Waals surface area contributed by atoms with Crippen molar-refractivity contribution in [2.24, 2.45) is 5.92 Å². The van der Waals surface area contributed by atoms with Gasteiger partial charge in [0.1, 0.15) is 11.6 Å². The summed E-state index contributed by atoms with van der Waals surface area (Å²) >= 11 is 0. The maximum absolute atomic E-state index is 12.6. The van der Waals surface area contributed by atoms with Gasteiger partial charge >= 0.3 is 0 Å². The van der Waals surface area contributed by atoms with Gasteiger partial charge in [0.05, 0.1) is 0 Å². The van der Waals surface area contributed by atoms with Gasteiger partial charge in [0.15, 0.2) is 0 Å². The molecule has 4 nitrogen and oxygen atoms in total. The normalized spacial score (nSPS) is 31.5. The van der Waals surface area contributed by atoms with Crippen LogP contribution in [0.5, 0.6) is 0 Å². The fourth-order valence-corrected chi connectivity index (χ4v) is 2.84. The molecule has 1 aliphatic heterocycles. The van der Waals surface area contributed by atoms with E-state index in [-0.39, 0.29) is 17.9 Å². The van der Waals surface area contributed by atoms with Gasteiger partial charge in [-0.1, -0.05) is 33.1 Å². The Morgan fingerprint density at radius 1 is 1.26 bits per heavy atom. The molecule has 0 radical (unpaired) electrons. The molecule has 2 unspecified atom stereocenters. The van der Waals surface area contributed by atoms with Crippen LogP contribution < -0.4 is 5.32 Å². The highest BCUT2D eigenvalue weighted by Crippen LogP contribution is 2.34. The minimum atomic E-state index is -0.657. The maximum Gasteiger partial charge on any atom is 0.246 e. The molecule has 1 N–H and O–H groups in total. The lowest BCUT2D eigenvalue weighted by molar-refractivity contribution is -0.157. The number of nitrogens with zero attached hydrogens (tertiary/aromatic N) is 1. The average Bonchev–Trinajstić information content (AvgIpc) is 3.20. The van der Waals surface area contributed by atoms with Crippen molar-refractivity contribution in [1.29, 1.82) is 0 Å². The van der Waals surface area contributed by atoms with E-state index in [4.69, 9.17) is 0 Å². The Kier molecular flexibility index (Phi) is 4.16. The van der Waals surface area contributed by atoms with Gasteiger partial charge in [-0.15, -0.1) is 0 Å². The van der Waals surface area contributed by atoms with Crippen LogP contribution in [0.3, 0.4) is 0 Å². The van der Waals surface area contributed by atoms with Crippen LogP contribution in [0.25, 0.3) is 0 Å². The van der Waals surface area contributed by atoms with E-state index in [9.17, 15) is 9.59 Å². The fraction of sp³-hybridized carbons (Fsp3) is 0.867. The van der Waals surface area contributed by atoms with Gasteiger partial charge in [0.2, 0.25) is 11.8 Å². The minimum Gasteiger partial charge on any atom is -0.342 e. The van der Waals surface area contributed by atoms with Gasteiger partial charge in [-0.05, 0) is 32.1 Å². The summed E-state index contributed by atoms with van der Waals surface area (Å²) in [5.74, 6) is 0.916. The molecule has 19 heavy (non-hydrogen) atoms. The maximum atomic E-state index is 12.6. The summed E-state index contributed by atoms with van der Waals surface area (Å²) in [7, 11) is 0. The summed E-state index contributed by atoms with van der Waals surface area (Å²) in [6.07, 6.45) is 5.95. The molecule has 2 atom stereocenters. The Morgan fingerprint density at radius 3 is 2.47 bits per heavy atom. The minimum absolute atomic E-state index is 0.0175. The van der Waals surface area contributed by atoms with E-state index in [0.717, 1.165) is 31.7 Å². The predicted octanol–water partition coefficient (Wildman–Crippen LogP) is 2.08. The quantitative estimate of drug-likeness (QED) is 0.800. The van der Waals surface area contributed by atoms with E-state index in [2.05, 4.69) is 5.32 Å². The Morgan fingerprint density at radius 2 is 1.95 bits per heavy atom. The van der Waals surface area contributed by atoms with Crippen molar-refractivity contribution in [2.75, 3.05) is 6.54 Å². The third-order valence-electron chi connectivity index (χ3n) is 4.68. The summed E-state index contributed by atoms with van der Waals surface area (Å²) < 4.78 is 0. The summed E-state index contributed by atoms with van der Waals surface area (Å²) in [6, 6.07) is -0.309. The number of hydrogen-bond donors (Lipinski definition) is 1. The second kappa shape index (κ2) is 5.51. The number of rotatable bonds is 6. The van der Waals surface area contributed by atoms with Crippen molar-refractivity contribution in [1.82, 2.24) is 10.2 Å². The number of amides is 2. The van der Waals surface area contributed by atoms with E-state index in [1.807, 2.05) is 25.7 Å². The molecule has 108 valence electrons. The van der Waals surface area contributed by atoms with Crippen molar-refractivity contribution >= 4 is 11.8 Å². The summed E-state index contributed by atoms with van der Waals surface area (Å²) in [5, 5.41) is 2.91. The number of carbonyl (C=O) groups excluding carboxylic acids is 2. The molecule has 1 aliphatic carbocycles. The van der Waals surface area contributed by atoms with Crippen LogP contribution in [-0.4, -0.2) is 34.8 Å². The lowest BCUT2D eigenvalue weighted by Crippen LogP contribution is -2.69. The lowest BCUT2D eigenvalue weighted by Gasteiger charge is -2.46. The largest absolute Gasteiger partial charge is 0.342 e. The second-order valence-electron chi connectivity index (χ2n) is 6.16. The van der Waals surface area contributed by atoms with Crippen LogP contribution in [-0.2, 0) is 9.59 Å². The zero-order valence-corrected chi connectivity index (χ0v) is 12.4. The highest BCUT2D eigenvalue weighted by molar-refractivity contribution is 5.99. The van der Waals surface area contributed by atoms with Gasteiger partial charge in [-0.25, -0.2) is 0 Å². The molecule has 0 bridgehead atoms. The molecule has 2 fully saturated rings. The summed E-state index contributed by atoms with van der Waals surface area (Å²) in [4.78, 5) is 26.8. The first-order valence-corrected chi connectivity index (χ1v) is 7.65. The molecule has 0 spiro atoms. The van der Waals surface area contributed by atoms with Crippen LogP contribution in [0.2, 0.25) is 0 Å². The molecule has 2 amide bonds. The second-order valence-corrected chi connectivity index (χ2v) is 6.16. The Balaban J connectivity index is 2.13. The van der Waals surface area contributed by atoms with E-state index in [1.165, 1.54) is 12.8 Å². The predicted molar refractivity (Wildman–Crippen MR) is 74.6 cm³/mol. The summed E-state index contributed by atoms with van der Waals surface area (Å²) in [5.41, 5.74) is -0.657. The van der Waals surface area contributed by atoms with Crippen molar-refractivity contribution in [3.63, 3.8) is 0 Å². The molecule has 1 heterocycles. The molecule has 2 rings (SSSR count). The number of hydrogen-bond acceptors (Lipinski definition) is 2. The summed E-state index contributed by atoms with van der Waals surface area (Å²) in [6.45, 7) is 6.66. The van der Waals surface area contributed by atoms with Crippen LogP contribution in [0.15, 0.2) is 0 Å². The van der Waals surface area contributed by atoms with Gasteiger partial charge in [-0.2, -0.15) is 0 Å². The number of nitrogens with one attached hydrogen (secondary N) is 1. The van der Waals surface area contributed by atoms with Crippen LogP contribution >= 0.6 is 0 Å². The van der Waals surface area contributed by atoms with E-state index < -0.39 is 5.54 Å². The molecule has 1 saturated heterocycles. The molecule has 4 heteroatoms. The first-order valence-electron chi connectivity index (χ1n) is 7.65. The van der Waals surface area contributed by atoms with Gasteiger partial charge in [0.25, 0.3) is 0 Å². The Labute approximate surface area is 115 Å². The van der Waals surface area contributed by atoms with E-state index in [0.29, 0.717) is 6.42 Å². The zero-order valence-electron chi connectivity index (χ0n) is 12.4. The Hall–Kier alpha value is -1.06. The highest BCUT2D eigenvalue weighted by Gasteiger charge is 2.47. The van der Waals surface area contributed by atoms with Gasteiger partial charge in [-0.3, -0.25) is 9.59 Å². The van der Waals surface area contributed by atoms with Crippen molar-refractivity contribution in [3.05, 3.63) is 0 Å². The molecule has 0 aromatic heterocycles. The topological polar surface area (TPSA) is 49.4 Å². The fourth-order valence-electron chi connectivity index (χ4n) is 2.84. The molecular weight excluding hydrogens is 240 g/mol. The first kappa shape index (κ1) is 14.4. The first-order chi connectivity index (χ1) is 9.02. The highest BCUT2D eigenvalue weighted by atomic mass is 16.2. The number of piperazine rings is 1. The van der Waals surface area contributed by atoms with Crippen molar-refractivity contribution in [3.8, 4) is 0 Å². The Bertz CT molecular complexity index is 365. The smallest absolute Gasteiger partial charge is 0.246 e. The molecular formula is C15H26N2O2. The number of carbonyl (C=O) groups is 2. The third-order valence-corrected chi connectivity index (χ3v) is 4.68. The van der Waals surface area contributed by atoms with E-state index >= 15 is 0 Å². The molecule has 0 aromatic rings. The van der Waals surface area contributed by atoms with E-state index in [1.54, 1.807) is 0 Å². The van der Waals surface area contributed by atoms with Gasteiger partial charge < -0.3 is 10.2 Å². The zero-order chi connectivity index (χ0) is 14.0. The molecule has 2 aliphatic rings. The third kappa shape index (κ3) is 2.77. The van der Waals surface area contributed by atoms with Crippen molar-refractivity contribution < 1.29 is 9.59 Å². The van der Waals surface area contributed by atoms with Gasteiger partial charge in [0, 0.05) is 6.54 Å². The van der Waals surface area contributed by atoms with Crippen LogP contribution in [0.1, 0.15) is 59.3 Å². The van der Waals surface area contributed by atoms with Crippen LogP contribution in [0, 0.1) is 5.92 Å². The van der Waals surface area contributed by atoms with Crippen molar-refractivity contribution in [2.45, 2.75) is 70.9 Å². The molecule has 1 saturated carbocycles. The lowest BCUT2D eigenvalue weighted by atomic mass is 9.89. The average molecular weight is 266 g/mol.